The maximum Gasteiger partial charge on any atom is 0.435 e. The smallest absolute Gasteiger partial charge is 0.337 e. The lowest BCUT2D eigenvalue weighted by Crippen LogP contribution is -2.57. The van der Waals surface area contributed by atoms with Gasteiger partial charge in [-0.2, -0.15) is 18.3 Å². The van der Waals surface area contributed by atoms with Crippen molar-refractivity contribution in [3.8, 4) is 11.3 Å². The standard InChI is InChI=1S/C28H28ClF5N10O2.CH4/c29-20-11-16(1-2-18(20)26(45)41-5-7-42(8-6-41)27(46)39-17-9-15(35)10-17)38-24-25-37-12-21(44(25)4-3-36-24)19-13-43(14-22(30)31)40-23(19)28(32,33)34;/h1-4,11-13,15,17,22H,5-10,14,35H2,(H,36,38)(H,39,46);1H4. The van der Waals surface area contributed by atoms with Crippen LogP contribution in [0.15, 0.2) is 43.0 Å². The predicted octanol–water partition coefficient (Wildman–Crippen LogP) is 4.87. The first-order valence-electron chi connectivity index (χ1n) is 14.3. The van der Waals surface area contributed by atoms with Crippen LogP contribution in [-0.4, -0.2) is 90.6 Å². The fraction of sp³-hybridized carbons (Fsp3) is 0.414. The highest BCUT2D eigenvalue weighted by Crippen LogP contribution is 2.37. The van der Waals surface area contributed by atoms with Gasteiger partial charge in [-0.3, -0.25) is 13.9 Å². The van der Waals surface area contributed by atoms with Gasteiger partial charge in [0, 0.05) is 62.5 Å². The maximum atomic E-state index is 13.7. The molecule has 1 saturated carbocycles. The molecule has 1 saturated heterocycles. The van der Waals surface area contributed by atoms with Gasteiger partial charge in [0.25, 0.3) is 12.3 Å². The number of aromatic nitrogens is 5. The highest BCUT2D eigenvalue weighted by Gasteiger charge is 2.39. The molecule has 4 N–H and O–H groups in total. The van der Waals surface area contributed by atoms with Crippen LogP contribution in [0.25, 0.3) is 16.9 Å². The van der Waals surface area contributed by atoms with E-state index in [0.717, 1.165) is 19.0 Å². The molecule has 12 nitrogen and oxygen atoms in total. The van der Waals surface area contributed by atoms with E-state index in [4.69, 9.17) is 17.3 Å². The Morgan fingerprint density at radius 3 is 2.43 bits per heavy atom. The summed E-state index contributed by atoms with van der Waals surface area (Å²) in [6, 6.07) is 4.67. The number of imidazole rings is 1. The largest absolute Gasteiger partial charge is 0.435 e. The van der Waals surface area contributed by atoms with E-state index in [0.29, 0.717) is 36.5 Å². The molecular formula is C29H32ClF5N10O2. The van der Waals surface area contributed by atoms with Crippen LogP contribution in [0.3, 0.4) is 0 Å². The molecule has 1 aromatic carbocycles. The van der Waals surface area contributed by atoms with Gasteiger partial charge in [0.15, 0.2) is 17.2 Å². The van der Waals surface area contributed by atoms with E-state index in [9.17, 15) is 31.5 Å². The van der Waals surface area contributed by atoms with Crippen LogP contribution in [0, 0.1) is 0 Å². The van der Waals surface area contributed by atoms with Crippen molar-refractivity contribution in [3.63, 3.8) is 0 Å². The zero-order valence-corrected chi connectivity index (χ0v) is 24.8. The minimum absolute atomic E-state index is 0. The average molecular weight is 683 g/mol. The van der Waals surface area contributed by atoms with Crippen molar-refractivity contribution in [1.29, 1.82) is 0 Å². The molecule has 6 rings (SSSR count). The molecule has 0 spiro atoms. The van der Waals surface area contributed by atoms with Crippen LogP contribution in [0.1, 0.15) is 36.3 Å². The Balaban J connectivity index is 0.00000433. The van der Waals surface area contributed by atoms with Crippen molar-refractivity contribution >= 4 is 40.7 Å². The van der Waals surface area contributed by atoms with Crippen molar-refractivity contribution in [1.82, 2.24) is 39.3 Å². The summed E-state index contributed by atoms with van der Waals surface area (Å²) in [5, 5.41) is 9.46. The molecule has 3 amide bonds. The molecule has 0 atom stereocenters. The third-order valence-electron chi connectivity index (χ3n) is 7.88. The zero-order valence-electron chi connectivity index (χ0n) is 24.0. The van der Waals surface area contributed by atoms with E-state index >= 15 is 0 Å². The summed E-state index contributed by atoms with van der Waals surface area (Å²) in [5.74, 6) is -0.136. The number of halogens is 6. The Labute approximate surface area is 270 Å². The van der Waals surface area contributed by atoms with Gasteiger partial charge >= 0.3 is 12.2 Å². The van der Waals surface area contributed by atoms with E-state index in [1.807, 2.05) is 0 Å². The summed E-state index contributed by atoms with van der Waals surface area (Å²) in [5.41, 5.74) is 4.82. The highest BCUT2D eigenvalue weighted by atomic mass is 35.5. The SMILES string of the molecule is C.NC1CC(NC(=O)N2CCN(C(=O)c3ccc(Nc4nccn5c(-c6cn(CC(F)F)nc6C(F)(F)F)cnc45)cc3Cl)CC2)C1. The van der Waals surface area contributed by atoms with Crippen LogP contribution >= 0.6 is 11.6 Å². The molecule has 4 heterocycles. The molecule has 1 aliphatic heterocycles. The second-order valence-corrected chi connectivity index (χ2v) is 11.5. The number of nitrogens with one attached hydrogen (secondary N) is 2. The number of rotatable bonds is 7. The molecule has 0 unspecified atom stereocenters. The Morgan fingerprint density at radius 1 is 1.09 bits per heavy atom. The molecule has 47 heavy (non-hydrogen) atoms. The topological polar surface area (TPSA) is 139 Å². The van der Waals surface area contributed by atoms with E-state index in [1.54, 1.807) is 15.9 Å². The fourth-order valence-electron chi connectivity index (χ4n) is 5.49. The van der Waals surface area contributed by atoms with Gasteiger partial charge in [0.1, 0.15) is 6.54 Å². The number of benzene rings is 1. The van der Waals surface area contributed by atoms with E-state index < -0.39 is 30.4 Å². The predicted molar refractivity (Wildman–Crippen MR) is 164 cm³/mol. The van der Waals surface area contributed by atoms with E-state index in [-0.39, 0.29) is 59.2 Å². The van der Waals surface area contributed by atoms with Crippen molar-refractivity contribution in [3.05, 3.63) is 59.3 Å². The van der Waals surface area contributed by atoms with Gasteiger partial charge in [-0.25, -0.2) is 23.5 Å². The number of anilines is 2. The third-order valence-corrected chi connectivity index (χ3v) is 8.19. The van der Waals surface area contributed by atoms with Crippen LogP contribution < -0.4 is 16.4 Å². The van der Waals surface area contributed by atoms with Crippen molar-refractivity contribution in [2.45, 2.75) is 51.5 Å². The number of fused-ring (bicyclic) bond motifs is 1. The molecule has 252 valence electrons. The second kappa shape index (κ2) is 13.3. The van der Waals surface area contributed by atoms with Gasteiger partial charge < -0.3 is 26.2 Å². The minimum atomic E-state index is -4.90. The fourth-order valence-corrected chi connectivity index (χ4v) is 5.75. The van der Waals surface area contributed by atoms with E-state index in [1.165, 1.54) is 35.1 Å². The normalized spacial score (nSPS) is 18.2. The number of nitrogens with two attached hydrogens (primary N) is 1. The number of alkyl halides is 5. The number of amides is 3. The molecule has 3 aromatic heterocycles. The number of carbonyl (C=O) groups excluding carboxylic acids is 2. The number of piperazine rings is 1. The summed E-state index contributed by atoms with van der Waals surface area (Å²) >= 11 is 6.50. The number of carbonyl (C=O) groups is 2. The van der Waals surface area contributed by atoms with Crippen molar-refractivity contribution in [2.75, 3.05) is 31.5 Å². The summed E-state index contributed by atoms with van der Waals surface area (Å²) in [7, 11) is 0. The number of hydrogen-bond donors (Lipinski definition) is 3. The third kappa shape index (κ3) is 7.10. The highest BCUT2D eigenvalue weighted by molar-refractivity contribution is 6.34. The van der Waals surface area contributed by atoms with Crippen molar-refractivity contribution < 1.29 is 31.5 Å². The van der Waals surface area contributed by atoms with Crippen LogP contribution in [0.5, 0.6) is 0 Å². The summed E-state index contributed by atoms with van der Waals surface area (Å²) in [4.78, 5) is 37.5. The quantitative estimate of drug-likeness (QED) is 0.237. The van der Waals surface area contributed by atoms with Crippen LogP contribution in [0.2, 0.25) is 5.02 Å². The van der Waals surface area contributed by atoms with Gasteiger partial charge in [-0.05, 0) is 31.0 Å². The Hall–Kier alpha value is -4.51. The maximum absolute atomic E-state index is 13.7. The molecule has 2 fully saturated rings. The molecule has 4 aromatic rings. The van der Waals surface area contributed by atoms with Gasteiger partial charge in [-0.1, -0.05) is 19.0 Å². The zero-order chi connectivity index (χ0) is 32.7. The number of urea groups is 1. The van der Waals surface area contributed by atoms with Gasteiger partial charge in [0.05, 0.1) is 28.0 Å². The molecule has 2 aliphatic rings. The molecule has 0 radical (unpaired) electrons. The molecule has 1 aliphatic carbocycles. The lowest BCUT2D eigenvalue weighted by Gasteiger charge is -2.38. The number of nitrogens with zero attached hydrogens (tertiary/aromatic N) is 7. The first kappa shape index (κ1) is 33.8. The summed E-state index contributed by atoms with van der Waals surface area (Å²) in [6.45, 7) is 0.396. The Kier molecular flexibility index (Phi) is 9.58. The second-order valence-electron chi connectivity index (χ2n) is 11.1. The summed E-state index contributed by atoms with van der Waals surface area (Å²) in [6.07, 6.45) is -1.50. The van der Waals surface area contributed by atoms with E-state index in [2.05, 4.69) is 25.7 Å². The molecule has 18 heteroatoms. The Bertz CT molecular complexity index is 1760. The first-order valence-corrected chi connectivity index (χ1v) is 14.7. The monoisotopic (exact) mass is 682 g/mol. The Morgan fingerprint density at radius 2 is 1.79 bits per heavy atom. The minimum Gasteiger partial charge on any atom is -0.337 e. The lowest BCUT2D eigenvalue weighted by atomic mass is 9.88. The molecule has 0 bridgehead atoms. The lowest BCUT2D eigenvalue weighted by molar-refractivity contribution is -0.141. The average Bonchev–Trinajstić information content (AvgIpc) is 3.61. The van der Waals surface area contributed by atoms with Crippen LogP contribution in [0.4, 0.5) is 38.3 Å². The molecular weight excluding hydrogens is 651 g/mol. The van der Waals surface area contributed by atoms with Crippen molar-refractivity contribution in [2.24, 2.45) is 5.73 Å². The van der Waals surface area contributed by atoms with Crippen LogP contribution in [-0.2, 0) is 12.7 Å². The number of hydrogen-bond acceptors (Lipinski definition) is 7. The van der Waals surface area contributed by atoms with Gasteiger partial charge in [-0.15, -0.1) is 0 Å². The van der Waals surface area contributed by atoms with Gasteiger partial charge in [0.2, 0.25) is 0 Å². The first-order chi connectivity index (χ1) is 21.9. The summed E-state index contributed by atoms with van der Waals surface area (Å²) < 4.78 is 68.9.